The average Bonchev–Trinajstić information content (AvgIpc) is 2.46. The monoisotopic (exact) mass is 349 g/mol. The summed E-state index contributed by atoms with van der Waals surface area (Å²) < 4.78 is 7.44. The lowest BCUT2D eigenvalue weighted by molar-refractivity contribution is -0.594. The molecule has 2 aromatic carbocycles. The molecule has 2 nitrogen and oxygen atoms in total. The summed E-state index contributed by atoms with van der Waals surface area (Å²) >= 11 is 6.03. The molecular formula is C16H13BrClNO. The van der Waals surface area contributed by atoms with Crippen molar-refractivity contribution in [3.8, 4) is 11.4 Å². The van der Waals surface area contributed by atoms with Crippen LogP contribution >= 0.6 is 11.6 Å². The van der Waals surface area contributed by atoms with Crippen molar-refractivity contribution >= 4 is 22.4 Å². The van der Waals surface area contributed by atoms with Crippen molar-refractivity contribution in [3.05, 3.63) is 65.9 Å². The first-order valence-electron chi connectivity index (χ1n) is 6.02. The van der Waals surface area contributed by atoms with Gasteiger partial charge in [-0.2, -0.15) is 4.57 Å². The number of fused-ring (bicyclic) bond motifs is 1. The third kappa shape index (κ3) is 2.79. The zero-order chi connectivity index (χ0) is 13.2. The van der Waals surface area contributed by atoms with E-state index in [1.807, 2.05) is 47.2 Å². The average molecular weight is 351 g/mol. The molecule has 0 N–H and O–H groups in total. The van der Waals surface area contributed by atoms with Crippen LogP contribution in [0.2, 0.25) is 5.02 Å². The van der Waals surface area contributed by atoms with Gasteiger partial charge >= 0.3 is 0 Å². The van der Waals surface area contributed by atoms with Crippen molar-refractivity contribution in [2.45, 2.75) is 0 Å². The van der Waals surface area contributed by atoms with Crippen LogP contribution in [-0.2, 0) is 0 Å². The number of hydrogen-bond donors (Lipinski definition) is 0. The van der Waals surface area contributed by atoms with Gasteiger partial charge in [0, 0.05) is 23.2 Å². The van der Waals surface area contributed by atoms with Gasteiger partial charge in [0.05, 0.1) is 12.5 Å². The summed E-state index contributed by atoms with van der Waals surface area (Å²) in [6, 6.07) is 15.9. The van der Waals surface area contributed by atoms with E-state index in [0.717, 1.165) is 27.2 Å². The minimum absolute atomic E-state index is 0. The smallest absolute Gasteiger partial charge is 0.212 e. The Bertz CT molecular complexity index is 745. The highest BCUT2D eigenvalue weighted by atomic mass is 79.9. The third-order valence-electron chi connectivity index (χ3n) is 3.11. The third-order valence-corrected chi connectivity index (χ3v) is 3.34. The SMILES string of the molecule is COc1cccc2cc[n+](-c3cccc(Cl)c3)cc12.[Br-]. The van der Waals surface area contributed by atoms with Crippen LogP contribution in [0.25, 0.3) is 16.5 Å². The molecular weight excluding hydrogens is 338 g/mol. The maximum absolute atomic E-state index is 6.03. The molecule has 20 heavy (non-hydrogen) atoms. The molecule has 102 valence electrons. The Morgan fingerprint density at radius 2 is 1.85 bits per heavy atom. The standard InChI is InChI=1S/C16H13ClNO.BrH/c1-19-16-7-2-4-12-8-9-18(11-15(12)16)14-6-3-5-13(17)10-14;/h2-11H,1H3;1H/q+1;/p-1. The molecule has 0 bridgehead atoms. The van der Waals surface area contributed by atoms with Gasteiger partial charge in [-0.25, -0.2) is 0 Å². The summed E-state index contributed by atoms with van der Waals surface area (Å²) in [5.41, 5.74) is 1.03. The van der Waals surface area contributed by atoms with Crippen LogP contribution in [-0.4, -0.2) is 7.11 Å². The molecule has 0 unspecified atom stereocenters. The highest BCUT2D eigenvalue weighted by Gasteiger charge is 2.10. The van der Waals surface area contributed by atoms with Crippen LogP contribution in [0, 0.1) is 0 Å². The van der Waals surface area contributed by atoms with Crippen LogP contribution in [0.5, 0.6) is 5.75 Å². The van der Waals surface area contributed by atoms with Gasteiger partial charge in [0.25, 0.3) is 0 Å². The second-order valence-electron chi connectivity index (χ2n) is 4.30. The molecule has 3 aromatic rings. The second-order valence-corrected chi connectivity index (χ2v) is 4.73. The van der Waals surface area contributed by atoms with Gasteiger partial charge in [-0.1, -0.05) is 29.8 Å². The molecule has 0 aliphatic carbocycles. The van der Waals surface area contributed by atoms with Crippen molar-refractivity contribution in [2.24, 2.45) is 0 Å². The molecule has 0 radical (unpaired) electrons. The number of ether oxygens (including phenoxy) is 1. The Kier molecular flexibility index (Phi) is 4.63. The molecule has 1 aromatic heterocycles. The normalized spacial score (nSPS) is 10.1. The fourth-order valence-electron chi connectivity index (χ4n) is 2.16. The lowest BCUT2D eigenvalue weighted by Crippen LogP contribution is -3.00. The number of nitrogens with zero attached hydrogens (tertiary/aromatic N) is 1. The van der Waals surface area contributed by atoms with Crippen molar-refractivity contribution in [2.75, 3.05) is 7.11 Å². The summed E-state index contributed by atoms with van der Waals surface area (Å²) in [6.07, 6.45) is 4.08. The summed E-state index contributed by atoms with van der Waals surface area (Å²) in [6.45, 7) is 0. The molecule has 4 heteroatoms. The Labute approximate surface area is 133 Å². The van der Waals surface area contributed by atoms with Gasteiger partial charge < -0.3 is 21.7 Å². The first-order valence-corrected chi connectivity index (χ1v) is 6.40. The number of rotatable bonds is 2. The van der Waals surface area contributed by atoms with Gasteiger partial charge in [0.15, 0.2) is 12.4 Å². The van der Waals surface area contributed by atoms with E-state index in [2.05, 4.69) is 18.3 Å². The van der Waals surface area contributed by atoms with Gasteiger partial charge in [-0.05, 0) is 17.5 Å². The first kappa shape index (κ1) is 14.8. The number of methoxy groups -OCH3 is 1. The Morgan fingerprint density at radius 1 is 1.05 bits per heavy atom. The minimum Gasteiger partial charge on any atom is -1.00 e. The predicted octanol–water partition coefficient (Wildman–Crippen LogP) is 0.782. The van der Waals surface area contributed by atoms with Crippen molar-refractivity contribution in [3.63, 3.8) is 0 Å². The second kappa shape index (κ2) is 6.25. The van der Waals surface area contributed by atoms with Gasteiger partial charge in [0.2, 0.25) is 5.69 Å². The molecule has 0 atom stereocenters. The number of pyridine rings is 1. The minimum atomic E-state index is 0. The largest absolute Gasteiger partial charge is 1.00 e. The van der Waals surface area contributed by atoms with E-state index in [9.17, 15) is 0 Å². The van der Waals surface area contributed by atoms with Crippen molar-refractivity contribution in [1.29, 1.82) is 0 Å². The van der Waals surface area contributed by atoms with Crippen LogP contribution in [0.4, 0.5) is 0 Å². The Morgan fingerprint density at radius 3 is 2.60 bits per heavy atom. The maximum Gasteiger partial charge on any atom is 0.212 e. The molecule has 0 amide bonds. The van der Waals surface area contributed by atoms with Gasteiger partial charge in [-0.15, -0.1) is 0 Å². The van der Waals surface area contributed by atoms with Crippen LogP contribution in [0.1, 0.15) is 0 Å². The van der Waals surface area contributed by atoms with Gasteiger partial charge in [-0.3, -0.25) is 0 Å². The lowest BCUT2D eigenvalue weighted by Gasteiger charge is -2.04. The maximum atomic E-state index is 6.03. The van der Waals surface area contributed by atoms with E-state index in [4.69, 9.17) is 16.3 Å². The molecule has 0 saturated carbocycles. The molecule has 0 fully saturated rings. The number of benzene rings is 2. The molecule has 0 spiro atoms. The summed E-state index contributed by atoms with van der Waals surface area (Å²) in [4.78, 5) is 0. The van der Waals surface area contributed by atoms with E-state index in [0.29, 0.717) is 0 Å². The van der Waals surface area contributed by atoms with Gasteiger partial charge in [0.1, 0.15) is 5.75 Å². The predicted molar refractivity (Wildman–Crippen MR) is 77.0 cm³/mol. The highest BCUT2D eigenvalue weighted by Crippen LogP contribution is 2.23. The van der Waals surface area contributed by atoms with Crippen LogP contribution in [0.15, 0.2) is 60.9 Å². The highest BCUT2D eigenvalue weighted by molar-refractivity contribution is 6.30. The first-order chi connectivity index (χ1) is 9.28. The summed E-state index contributed by atoms with van der Waals surface area (Å²) in [5.74, 6) is 0.869. The number of halogens is 2. The lowest BCUT2D eigenvalue weighted by atomic mass is 10.1. The summed E-state index contributed by atoms with van der Waals surface area (Å²) in [5, 5.41) is 2.95. The Hall–Kier alpha value is -1.58. The van der Waals surface area contributed by atoms with E-state index < -0.39 is 0 Å². The van der Waals surface area contributed by atoms with Crippen molar-refractivity contribution in [1.82, 2.24) is 0 Å². The van der Waals surface area contributed by atoms with E-state index in [1.54, 1.807) is 7.11 Å². The molecule has 1 heterocycles. The van der Waals surface area contributed by atoms with Crippen LogP contribution in [0.3, 0.4) is 0 Å². The quantitative estimate of drug-likeness (QED) is 0.623. The fraction of sp³-hybridized carbons (Fsp3) is 0.0625. The van der Waals surface area contributed by atoms with E-state index in [-0.39, 0.29) is 17.0 Å². The van der Waals surface area contributed by atoms with Crippen molar-refractivity contribution < 1.29 is 26.3 Å². The fourth-order valence-corrected chi connectivity index (χ4v) is 2.35. The summed E-state index contributed by atoms with van der Waals surface area (Å²) in [7, 11) is 1.69. The van der Waals surface area contributed by atoms with E-state index >= 15 is 0 Å². The zero-order valence-corrected chi connectivity index (χ0v) is 13.2. The molecule has 0 aliphatic rings. The topological polar surface area (TPSA) is 13.1 Å². The Balaban J connectivity index is 0.00000147. The van der Waals surface area contributed by atoms with Crippen LogP contribution < -0.4 is 26.3 Å². The molecule has 3 rings (SSSR count). The number of hydrogen-bond acceptors (Lipinski definition) is 1. The molecule has 0 aliphatic heterocycles. The zero-order valence-electron chi connectivity index (χ0n) is 10.9. The molecule has 0 saturated heterocycles. The number of aromatic nitrogens is 1. The van der Waals surface area contributed by atoms with E-state index in [1.165, 1.54) is 0 Å².